The van der Waals surface area contributed by atoms with Gasteiger partial charge >= 0.3 is 0 Å². The van der Waals surface area contributed by atoms with Crippen molar-refractivity contribution in [3.05, 3.63) is 0 Å². The van der Waals surface area contributed by atoms with Gasteiger partial charge in [0.2, 0.25) is 0 Å². The van der Waals surface area contributed by atoms with Gasteiger partial charge in [-0.25, -0.2) is 0 Å². The minimum Gasteiger partial charge on any atom is -0.101 e. The predicted octanol–water partition coefficient (Wildman–Crippen LogP) is 1.81. The minimum absolute atomic E-state index is 0.238. The van der Waals surface area contributed by atoms with E-state index in [2.05, 4.69) is 0 Å². The van der Waals surface area contributed by atoms with E-state index in [9.17, 15) is 0 Å². The number of halogens is 2. The molecule has 3 rings (SSSR count). The SMILES string of the molecule is ClC1(Cl)[C@@H]2C3CC321. The summed E-state index contributed by atoms with van der Waals surface area (Å²) < 4.78 is -0.238. The number of hydrogen-bond donors (Lipinski definition) is 0. The first-order valence-electron chi connectivity index (χ1n) is 2.59. The molecule has 3 atom stereocenters. The molecule has 0 nitrogen and oxygen atoms in total. The van der Waals surface area contributed by atoms with E-state index in [1.165, 1.54) is 6.42 Å². The Kier molecular flexibility index (Phi) is 0.273. The summed E-state index contributed by atoms with van der Waals surface area (Å²) in [7, 11) is 0. The lowest BCUT2D eigenvalue weighted by molar-refractivity contribution is 0.806. The topological polar surface area (TPSA) is 0 Å². The van der Waals surface area contributed by atoms with Gasteiger partial charge in [0.05, 0.1) is 0 Å². The molecule has 0 aliphatic heterocycles. The first-order valence-corrected chi connectivity index (χ1v) is 3.35. The fourth-order valence-electron chi connectivity index (χ4n) is 1.95. The van der Waals surface area contributed by atoms with Gasteiger partial charge < -0.3 is 0 Å². The van der Waals surface area contributed by atoms with Crippen LogP contribution in [0.1, 0.15) is 6.42 Å². The van der Waals surface area contributed by atoms with Crippen LogP contribution in [-0.4, -0.2) is 4.33 Å². The Bertz CT molecular complexity index is 159. The maximum Gasteiger partial charge on any atom is 0.128 e. The zero-order valence-corrected chi connectivity index (χ0v) is 5.13. The summed E-state index contributed by atoms with van der Waals surface area (Å²) in [5.74, 6) is 1.71. The average molecular weight is 135 g/mol. The quantitative estimate of drug-likeness (QED) is 0.444. The molecule has 1 spiro atoms. The molecule has 0 radical (unpaired) electrons. The lowest BCUT2D eigenvalue weighted by Gasteiger charge is -1.97. The third-order valence-electron chi connectivity index (χ3n) is 2.84. The zero-order valence-electron chi connectivity index (χ0n) is 3.62. The van der Waals surface area contributed by atoms with Crippen LogP contribution < -0.4 is 0 Å². The molecule has 3 aliphatic carbocycles. The van der Waals surface area contributed by atoms with Gasteiger partial charge in [-0.2, -0.15) is 0 Å². The highest BCUT2D eigenvalue weighted by Gasteiger charge is 3.05. The molecule has 0 aromatic carbocycles. The third kappa shape index (κ3) is 0.148. The second-order valence-corrected chi connectivity index (χ2v) is 4.34. The fraction of sp³-hybridized carbons (Fsp3) is 1.00. The van der Waals surface area contributed by atoms with Crippen LogP contribution >= 0.6 is 23.2 Å². The van der Waals surface area contributed by atoms with Crippen molar-refractivity contribution in [3.8, 4) is 0 Å². The molecular formula is C5H4Cl2. The van der Waals surface area contributed by atoms with E-state index in [1.54, 1.807) is 0 Å². The van der Waals surface area contributed by atoms with Crippen LogP contribution in [0.25, 0.3) is 0 Å². The Morgan fingerprint density at radius 3 is 2.00 bits per heavy atom. The lowest BCUT2D eigenvalue weighted by atomic mass is 10.4. The van der Waals surface area contributed by atoms with Crippen molar-refractivity contribution >= 4 is 23.2 Å². The Labute approximate surface area is 51.8 Å². The molecule has 0 heterocycles. The van der Waals surface area contributed by atoms with E-state index in [0.717, 1.165) is 11.8 Å². The largest absolute Gasteiger partial charge is 0.128 e. The first kappa shape index (κ1) is 3.58. The van der Waals surface area contributed by atoms with Gasteiger partial charge in [-0.3, -0.25) is 0 Å². The fourth-order valence-corrected chi connectivity index (χ4v) is 3.21. The van der Waals surface area contributed by atoms with Crippen LogP contribution in [0.4, 0.5) is 0 Å². The van der Waals surface area contributed by atoms with Gasteiger partial charge in [-0.15, -0.1) is 23.2 Å². The summed E-state index contributed by atoms with van der Waals surface area (Å²) in [5.41, 5.74) is 0.510. The molecule has 0 bridgehead atoms. The molecule has 0 amide bonds. The number of alkyl halides is 2. The van der Waals surface area contributed by atoms with Gasteiger partial charge in [0.15, 0.2) is 0 Å². The highest BCUT2D eigenvalue weighted by molar-refractivity contribution is 6.54. The van der Waals surface area contributed by atoms with Gasteiger partial charge in [0.1, 0.15) is 4.33 Å². The van der Waals surface area contributed by atoms with Crippen molar-refractivity contribution in [1.29, 1.82) is 0 Å². The van der Waals surface area contributed by atoms with E-state index >= 15 is 0 Å². The van der Waals surface area contributed by atoms with Crippen molar-refractivity contribution in [2.45, 2.75) is 10.8 Å². The van der Waals surface area contributed by atoms with Gasteiger partial charge in [0, 0.05) is 11.3 Å². The van der Waals surface area contributed by atoms with Crippen LogP contribution in [0.2, 0.25) is 0 Å². The van der Waals surface area contributed by atoms with E-state index in [-0.39, 0.29) is 4.33 Å². The molecular weight excluding hydrogens is 131 g/mol. The van der Waals surface area contributed by atoms with Gasteiger partial charge in [-0.05, 0) is 12.3 Å². The highest BCUT2D eigenvalue weighted by Crippen LogP contribution is 3.05. The van der Waals surface area contributed by atoms with E-state index in [4.69, 9.17) is 23.2 Å². The molecule has 2 heteroatoms. The van der Waals surface area contributed by atoms with Crippen LogP contribution in [0.5, 0.6) is 0 Å². The summed E-state index contributed by atoms with van der Waals surface area (Å²) in [6.45, 7) is 0. The summed E-state index contributed by atoms with van der Waals surface area (Å²) >= 11 is 11.6. The monoisotopic (exact) mass is 134 g/mol. The normalized spacial score (nSPS) is 76.3. The standard InChI is InChI=1S/C5H4Cl2/c6-5(7)3-2-1-4(2,3)5/h2-3H,1H2/t2?,3-,4?/m1/s1. The third-order valence-corrected chi connectivity index (χ3v) is 4.01. The first-order chi connectivity index (χ1) is 3.21. The van der Waals surface area contributed by atoms with Gasteiger partial charge in [-0.1, -0.05) is 0 Å². The van der Waals surface area contributed by atoms with Crippen molar-refractivity contribution in [2.24, 2.45) is 17.3 Å². The summed E-state index contributed by atoms with van der Waals surface area (Å²) in [6, 6.07) is 0. The van der Waals surface area contributed by atoms with Gasteiger partial charge in [0.25, 0.3) is 0 Å². The molecule has 3 aliphatic rings. The summed E-state index contributed by atoms with van der Waals surface area (Å²) in [6.07, 6.45) is 1.32. The second-order valence-electron chi connectivity index (χ2n) is 2.95. The summed E-state index contributed by atoms with van der Waals surface area (Å²) in [4.78, 5) is 0. The average Bonchev–Trinajstić information content (AvgIpc) is 2.07. The Morgan fingerprint density at radius 1 is 1.43 bits per heavy atom. The van der Waals surface area contributed by atoms with Crippen LogP contribution in [0, 0.1) is 17.3 Å². The van der Waals surface area contributed by atoms with Crippen molar-refractivity contribution in [2.75, 3.05) is 0 Å². The Hall–Kier alpha value is 0.580. The molecule has 0 N–H and O–H groups in total. The van der Waals surface area contributed by atoms with Crippen LogP contribution in [-0.2, 0) is 0 Å². The maximum atomic E-state index is 5.79. The number of hydrogen-bond acceptors (Lipinski definition) is 0. The van der Waals surface area contributed by atoms with E-state index in [0.29, 0.717) is 5.41 Å². The number of rotatable bonds is 0. The zero-order chi connectivity index (χ0) is 4.86. The lowest BCUT2D eigenvalue weighted by Crippen LogP contribution is -1.97. The molecule has 0 saturated heterocycles. The predicted molar refractivity (Wildman–Crippen MR) is 28.5 cm³/mol. The van der Waals surface area contributed by atoms with Crippen molar-refractivity contribution < 1.29 is 0 Å². The Morgan fingerprint density at radius 2 is 2.00 bits per heavy atom. The van der Waals surface area contributed by atoms with Crippen LogP contribution in [0.3, 0.4) is 0 Å². The van der Waals surface area contributed by atoms with E-state index in [1.807, 2.05) is 0 Å². The van der Waals surface area contributed by atoms with Crippen molar-refractivity contribution in [1.82, 2.24) is 0 Å². The molecule has 0 aromatic heterocycles. The molecule has 2 unspecified atom stereocenters. The number of fused-ring (bicyclic) bond motifs is 1. The van der Waals surface area contributed by atoms with E-state index < -0.39 is 0 Å². The minimum atomic E-state index is -0.238. The summed E-state index contributed by atoms with van der Waals surface area (Å²) in [5, 5.41) is 0. The molecule has 38 valence electrons. The maximum absolute atomic E-state index is 5.79. The highest BCUT2D eigenvalue weighted by atomic mass is 35.5. The molecule has 0 aromatic rings. The smallest absolute Gasteiger partial charge is 0.101 e. The molecule has 3 saturated carbocycles. The van der Waals surface area contributed by atoms with Crippen molar-refractivity contribution in [3.63, 3.8) is 0 Å². The molecule has 3 fully saturated rings. The van der Waals surface area contributed by atoms with Crippen LogP contribution in [0.15, 0.2) is 0 Å². The second kappa shape index (κ2) is 0.534. The molecule has 7 heavy (non-hydrogen) atoms. The Balaban J connectivity index is 2.14.